The Morgan fingerprint density at radius 1 is 1.06 bits per heavy atom. The van der Waals surface area contributed by atoms with Crippen LogP contribution in [0.1, 0.15) is 32.8 Å². The van der Waals surface area contributed by atoms with Crippen LogP contribution >= 0.6 is 0 Å². The highest BCUT2D eigenvalue weighted by atomic mass is 16.5. The Bertz CT molecular complexity index is 320. The van der Waals surface area contributed by atoms with E-state index in [1.54, 1.807) is 0 Å². The Morgan fingerprint density at radius 2 is 1.72 bits per heavy atom. The summed E-state index contributed by atoms with van der Waals surface area (Å²) in [5, 5.41) is 0. The second-order valence-electron chi connectivity index (χ2n) is 4.93. The molecule has 1 atom stereocenters. The van der Waals surface area contributed by atoms with E-state index >= 15 is 0 Å². The summed E-state index contributed by atoms with van der Waals surface area (Å²) >= 11 is 0. The van der Waals surface area contributed by atoms with Crippen molar-refractivity contribution < 1.29 is 9.47 Å². The molecule has 1 rings (SSSR count). The monoisotopic (exact) mass is 251 g/mol. The number of aryl methyl sites for hydroxylation is 1. The van der Waals surface area contributed by atoms with Crippen molar-refractivity contribution in [2.45, 2.75) is 45.8 Å². The van der Waals surface area contributed by atoms with Crippen LogP contribution in [0.2, 0.25) is 0 Å². The third-order valence-corrected chi connectivity index (χ3v) is 2.61. The number of hydrogen-bond donors (Lipinski definition) is 1. The lowest BCUT2D eigenvalue weighted by Crippen LogP contribution is -2.15. The van der Waals surface area contributed by atoms with Crippen LogP contribution in [0.15, 0.2) is 24.3 Å². The fraction of sp³-hybridized carbons (Fsp3) is 0.600. The fourth-order valence-corrected chi connectivity index (χ4v) is 1.59. The van der Waals surface area contributed by atoms with Gasteiger partial charge in [-0.25, -0.2) is 0 Å². The van der Waals surface area contributed by atoms with Crippen molar-refractivity contribution >= 4 is 0 Å². The SMILES string of the molecule is CC(N)CCc1ccc(OCCOC(C)C)cc1. The topological polar surface area (TPSA) is 44.5 Å². The highest BCUT2D eigenvalue weighted by Crippen LogP contribution is 2.13. The van der Waals surface area contributed by atoms with Gasteiger partial charge in [0.2, 0.25) is 0 Å². The zero-order chi connectivity index (χ0) is 13.4. The van der Waals surface area contributed by atoms with E-state index in [9.17, 15) is 0 Å². The molecular weight excluding hydrogens is 226 g/mol. The summed E-state index contributed by atoms with van der Waals surface area (Å²) in [6.07, 6.45) is 2.30. The molecule has 1 unspecified atom stereocenters. The molecule has 0 aromatic heterocycles. The van der Waals surface area contributed by atoms with Crippen molar-refractivity contribution in [3.8, 4) is 5.75 Å². The molecule has 0 saturated carbocycles. The number of nitrogens with two attached hydrogens (primary N) is 1. The molecule has 102 valence electrons. The first-order valence-corrected chi connectivity index (χ1v) is 6.67. The van der Waals surface area contributed by atoms with Crippen molar-refractivity contribution in [2.24, 2.45) is 5.73 Å². The van der Waals surface area contributed by atoms with Crippen molar-refractivity contribution in [3.63, 3.8) is 0 Å². The number of ether oxygens (including phenoxy) is 2. The van der Waals surface area contributed by atoms with E-state index in [0.717, 1.165) is 18.6 Å². The predicted octanol–water partition coefficient (Wildman–Crippen LogP) is 2.77. The van der Waals surface area contributed by atoms with Gasteiger partial charge in [0.05, 0.1) is 12.7 Å². The standard InChI is InChI=1S/C15H25NO2/c1-12(2)17-10-11-18-15-8-6-14(7-9-15)5-4-13(3)16/h6-9,12-13H,4-5,10-11,16H2,1-3H3. The molecule has 0 heterocycles. The van der Waals surface area contributed by atoms with Gasteiger partial charge in [-0.1, -0.05) is 12.1 Å². The summed E-state index contributed by atoms with van der Waals surface area (Å²) in [5.74, 6) is 0.895. The van der Waals surface area contributed by atoms with E-state index in [1.165, 1.54) is 5.56 Å². The molecule has 0 bridgehead atoms. The van der Waals surface area contributed by atoms with Gasteiger partial charge in [-0.15, -0.1) is 0 Å². The zero-order valence-electron chi connectivity index (χ0n) is 11.7. The molecule has 1 aromatic rings. The lowest BCUT2D eigenvalue weighted by Gasteiger charge is -2.10. The number of hydrogen-bond acceptors (Lipinski definition) is 3. The molecule has 0 aliphatic heterocycles. The van der Waals surface area contributed by atoms with Gasteiger partial charge in [0.1, 0.15) is 12.4 Å². The highest BCUT2D eigenvalue weighted by molar-refractivity contribution is 5.27. The summed E-state index contributed by atoms with van der Waals surface area (Å²) < 4.78 is 11.0. The molecule has 0 fully saturated rings. The molecule has 0 radical (unpaired) electrons. The van der Waals surface area contributed by atoms with Gasteiger partial charge in [-0.2, -0.15) is 0 Å². The Morgan fingerprint density at radius 3 is 2.28 bits per heavy atom. The Balaban J connectivity index is 2.27. The molecular formula is C15H25NO2. The molecule has 3 nitrogen and oxygen atoms in total. The van der Waals surface area contributed by atoms with E-state index in [2.05, 4.69) is 12.1 Å². The van der Waals surface area contributed by atoms with Gasteiger partial charge in [-0.3, -0.25) is 0 Å². The smallest absolute Gasteiger partial charge is 0.119 e. The first kappa shape index (κ1) is 15.0. The van der Waals surface area contributed by atoms with Crippen molar-refractivity contribution in [1.29, 1.82) is 0 Å². The molecule has 0 saturated heterocycles. The molecule has 0 spiro atoms. The summed E-state index contributed by atoms with van der Waals surface area (Å²) in [6.45, 7) is 7.30. The minimum Gasteiger partial charge on any atom is -0.491 e. The maximum atomic E-state index is 5.74. The molecule has 2 N–H and O–H groups in total. The van der Waals surface area contributed by atoms with Crippen LogP contribution in [-0.4, -0.2) is 25.4 Å². The van der Waals surface area contributed by atoms with Gasteiger partial charge in [0, 0.05) is 6.04 Å². The lowest BCUT2D eigenvalue weighted by atomic mass is 10.1. The summed E-state index contributed by atoms with van der Waals surface area (Å²) in [5.41, 5.74) is 7.04. The summed E-state index contributed by atoms with van der Waals surface area (Å²) in [7, 11) is 0. The quantitative estimate of drug-likeness (QED) is 0.723. The van der Waals surface area contributed by atoms with E-state index < -0.39 is 0 Å². The highest BCUT2D eigenvalue weighted by Gasteiger charge is 1.99. The van der Waals surface area contributed by atoms with Gasteiger partial charge in [0.25, 0.3) is 0 Å². The van der Waals surface area contributed by atoms with Crippen molar-refractivity contribution in [2.75, 3.05) is 13.2 Å². The lowest BCUT2D eigenvalue weighted by molar-refractivity contribution is 0.0552. The Hall–Kier alpha value is -1.06. The van der Waals surface area contributed by atoms with E-state index in [4.69, 9.17) is 15.2 Å². The van der Waals surface area contributed by atoms with Crippen molar-refractivity contribution in [1.82, 2.24) is 0 Å². The summed E-state index contributed by atoms with van der Waals surface area (Å²) in [6, 6.07) is 8.47. The average Bonchev–Trinajstić information content (AvgIpc) is 2.33. The minimum absolute atomic E-state index is 0.258. The van der Waals surface area contributed by atoms with Crippen LogP contribution in [0.5, 0.6) is 5.75 Å². The normalized spacial score (nSPS) is 12.7. The third kappa shape index (κ3) is 6.62. The molecule has 0 aliphatic carbocycles. The average molecular weight is 251 g/mol. The Labute approximate surface area is 110 Å². The van der Waals surface area contributed by atoms with Crippen LogP contribution in [0.4, 0.5) is 0 Å². The molecule has 0 aliphatic rings. The third-order valence-electron chi connectivity index (χ3n) is 2.61. The second kappa shape index (κ2) is 8.11. The molecule has 18 heavy (non-hydrogen) atoms. The maximum Gasteiger partial charge on any atom is 0.119 e. The number of benzene rings is 1. The van der Waals surface area contributed by atoms with Crippen LogP contribution < -0.4 is 10.5 Å². The number of rotatable bonds is 8. The fourth-order valence-electron chi connectivity index (χ4n) is 1.59. The zero-order valence-corrected chi connectivity index (χ0v) is 11.7. The van der Waals surface area contributed by atoms with E-state index in [1.807, 2.05) is 32.9 Å². The van der Waals surface area contributed by atoms with Gasteiger partial charge >= 0.3 is 0 Å². The molecule has 0 amide bonds. The molecule has 1 aromatic carbocycles. The minimum atomic E-state index is 0.258. The van der Waals surface area contributed by atoms with Crippen LogP contribution in [0.25, 0.3) is 0 Å². The van der Waals surface area contributed by atoms with Crippen LogP contribution in [0.3, 0.4) is 0 Å². The maximum absolute atomic E-state index is 5.74. The summed E-state index contributed by atoms with van der Waals surface area (Å²) in [4.78, 5) is 0. The Kier molecular flexibility index (Phi) is 6.76. The van der Waals surface area contributed by atoms with Crippen LogP contribution in [0, 0.1) is 0 Å². The van der Waals surface area contributed by atoms with Crippen molar-refractivity contribution in [3.05, 3.63) is 29.8 Å². The first-order valence-electron chi connectivity index (χ1n) is 6.67. The first-order chi connectivity index (χ1) is 8.58. The van der Waals surface area contributed by atoms with Gasteiger partial charge in [0.15, 0.2) is 0 Å². The van der Waals surface area contributed by atoms with Gasteiger partial charge in [-0.05, 0) is 51.3 Å². The van der Waals surface area contributed by atoms with E-state index in [0.29, 0.717) is 13.2 Å². The van der Waals surface area contributed by atoms with E-state index in [-0.39, 0.29) is 12.1 Å². The molecule has 3 heteroatoms. The second-order valence-corrected chi connectivity index (χ2v) is 4.93. The predicted molar refractivity (Wildman–Crippen MR) is 75.0 cm³/mol. The van der Waals surface area contributed by atoms with Gasteiger partial charge < -0.3 is 15.2 Å². The van der Waals surface area contributed by atoms with Crippen LogP contribution in [-0.2, 0) is 11.2 Å². The largest absolute Gasteiger partial charge is 0.491 e.